The molecule has 2 nitrogen and oxygen atoms in total. The third-order valence-electron chi connectivity index (χ3n) is 4.43. The Hall–Kier alpha value is -0.450. The lowest BCUT2D eigenvalue weighted by Crippen LogP contribution is -2.01. The maximum Gasteiger partial charge on any atom is 0.132 e. The average molecular weight is 460 g/mol. The van der Waals surface area contributed by atoms with E-state index in [1.165, 1.54) is 64.2 Å². The van der Waals surface area contributed by atoms with Gasteiger partial charge in [0.1, 0.15) is 11.5 Å². The zero-order valence-electron chi connectivity index (χ0n) is 16.3. The Labute approximate surface area is 169 Å². The largest absolute Gasteiger partial charge is 0.494 e. The van der Waals surface area contributed by atoms with Gasteiger partial charge in [0.25, 0.3) is 0 Å². The van der Waals surface area contributed by atoms with E-state index in [0.717, 1.165) is 41.1 Å². The first kappa shape index (κ1) is 22.6. The van der Waals surface area contributed by atoms with Gasteiger partial charge in [-0.1, -0.05) is 78.1 Å². The molecule has 0 amide bonds. The molecule has 0 spiro atoms. The molecule has 1 aromatic rings. The number of rotatable bonds is 16. The van der Waals surface area contributed by atoms with Crippen LogP contribution in [0.15, 0.2) is 18.2 Å². The van der Waals surface area contributed by atoms with Crippen LogP contribution in [-0.2, 0) is 0 Å². The van der Waals surface area contributed by atoms with E-state index in [0.29, 0.717) is 0 Å². The average Bonchev–Trinajstić information content (AvgIpc) is 2.61. The summed E-state index contributed by atoms with van der Waals surface area (Å²) in [5.41, 5.74) is 0. The van der Waals surface area contributed by atoms with Gasteiger partial charge in [0.2, 0.25) is 0 Å². The molecule has 0 aliphatic carbocycles. The second kappa shape index (κ2) is 15.8. The highest BCUT2D eigenvalue weighted by Crippen LogP contribution is 2.26. The van der Waals surface area contributed by atoms with Gasteiger partial charge in [-0.2, -0.15) is 0 Å². The number of ether oxygens (including phenoxy) is 2. The van der Waals surface area contributed by atoms with E-state index in [-0.39, 0.29) is 0 Å². The topological polar surface area (TPSA) is 18.5 Å². The molecule has 3 heteroatoms. The summed E-state index contributed by atoms with van der Waals surface area (Å²) >= 11 is 2.34. The normalized spacial score (nSPS) is 10.8. The van der Waals surface area contributed by atoms with Gasteiger partial charge in [-0.05, 0) is 53.6 Å². The van der Waals surface area contributed by atoms with Crippen LogP contribution in [0.5, 0.6) is 11.5 Å². The van der Waals surface area contributed by atoms with Crippen LogP contribution >= 0.6 is 22.6 Å². The molecule has 0 N–H and O–H groups in total. The Morgan fingerprint density at radius 2 is 1.20 bits per heavy atom. The smallest absolute Gasteiger partial charge is 0.132 e. The second-order valence-corrected chi connectivity index (χ2v) is 7.99. The van der Waals surface area contributed by atoms with Gasteiger partial charge in [0.05, 0.1) is 16.8 Å². The second-order valence-electron chi connectivity index (χ2n) is 6.82. The summed E-state index contributed by atoms with van der Waals surface area (Å²) in [5, 5.41) is 0. The Morgan fingerprint density at radius 3 is 1.76 bits per heavy atom. The van der Waals surface area contributed by atoms with Crippen LogP contribution in [0, 0.1) is 3.57 Å². The summed E-state index contributed by atoms with van der Waals surface area (Å²) < 4.78 is 12.9. The number of benzene rings is 1. The zero-order valence-corrected chi connectivity index (χ0v) is 18.5. The Morgan fingerprint density at radius 1 is 0.680 bits per heavy atom. The molecule has 0 fully saturated rings. The van der Waals surface area contributed by atoms with E-state index >= 15 is 0 Å². The van der Waals surface area contributed by atoms with Crippen LogP contribution in [0.3, 0.4) is 0 Å². The molecule has 0 unspecified atom stereocenters. The third-order valence-corrected chi connectivity index (χ3v) is 5.27. The van der Waals surface area contributed by atoms with Crippen molar-refractivity contribution < 1.29 is 9.47 Å². The van der Waals surface area contributed by atoms with E-state index < -0.39 is 0 Å². The maximum absolute atomic E-state index is 5.92. The summed E-state index contributed by atoms with van der Waals surface area (Å²) in [6.45, 7) is 6.15. The number of hydrogen-bond acceptors (Lipinski definition) is 2. The summed E-state index contributed by atoms with van der Waals surface area (Å²) in [6, 6.07) is 6.18. The van der Waals surface area contributed by atoms with Crippen LogP contribution in [0.25, 0.3) is 0 Å². The van der Waals surface area contributed by atoms with E-state index in [4.69, 9.17) is 9.47 Å². The fraction of sp³-hybridized carbons (Fsp3) is 0.727. The van der Waals surface area contributed by atoms with Gasteiger partial charge in [0.15, 0.2) is 0 Å². The van der Waals surface area contributed by atoms with Crippen LogP contribution < -0.4 is 9.47 Å². The molecule has 0 saturated heterocycles. The molecule has 0 atom stereocenters. The Kier molecular flexibility index (Phi) is 14.3. The lowest BCUT2D eigenvalue weighted by Gasteiger charge is -2.11. The minimum atomic E-state index is 0.820. The molecular formula is C22H37IO2. The van der Waals surface area contributed by atoms with E-state index in [1.54, 1.807) is 0 Å². The summed E-state index contributed by atoms with van der Waals surface area (Å²) in [5.74, 6) is 1.95. The summed E-state index contributed by atoms with van der Waals surface area (Å²) in [6.07, 6.45) is 15.6. The molecule has 1 aromatic carbocycles. The molecule has 1 rings (SSSR count). The third kappa shape index (κ3) is 11.7. The molecule has 0 radical (unpaired) electrons. The first-order valence-corrected chi connectivity index (χ1v) is 11.4. The number of unbranched alkanes of at least 4 members (excludes halogenated alkanes) is 10. The highest BCUT2D eigenvalue weighted by atomic mass is 127. The minimum Gasteiger partial charge on any atom is -0.494 e. The van der Waals surface area contributed by atoms with Gasteiger partial charge in [0, 0.05) is 0 Å². The molecule has 0 heterocycles. The molecule has 0 bridgehead atoms. The predicted octanol–water partition coefficient (Wildman–Crippen LogP) is 7.77. The zero-order chi connectivity index (χ0) is 18.2. The highest BCUT2D eigenvalue weighted by molar-refractivity contribution is 14.1. The van der Waals surface area contributed by atoms with Crippen LogP contribution in [-0.4, -0.2) is 13.2 Å². The molecule has 0 aliphatic rings. The predicted molar refractivity (Wildman–Crippen MR) is 117 cm³/mol. The van der Waals surface area contributed by atoms with Crippen LogP contribution in [0.1, 0.15) is 90.9 Å². The van der Waals surface area contributed by atoms with Gasteiger partial charge in [-0.3, -0.25) is 0 Å². The molecule has 0 aliphatic heterocycles. The van der Waals surface area contributed by atoms with Gasteiger partial charge in [-0.25, -0.2) is 0 Å². The van der Waals surface area contributed by atoms with Crippen molar-refractivity contribution >= 4 is 22.6 Å². The van der Waals surface area contributed by atoms with Crippen molar-refractivity contribution in [2.24, 2.45) is 0 Å². The first-order valence-electron chi connectivity index (χ1n) is 10.3. The van der Waals surface area contributed by atoms with Gasteiger partial charge in [-0.15, -0.1) is 0 Å². The fourth-order valence-corrected chi connectivity index (χ4v) is 3.47. The van der Waals surface area contributed by atoms with Crippen molar-refractivity contribution in [1.82, 2.24) is 0 Å². The van der Waals surface area contributed by atoms with E-state index in [1.807, 2.05) is 6.07 Å². The Balaban J connectivity index is 2.14. The van der Waals surface area contributed by atoms with Crippen molar-refractivity contribution in [2.75, 3.05) is 13.2 Å². The highest BCUT2D eigenvalue weighted by Gasteiger charge is 2.04. The summed E-state index contributed by atoms with van der Waals surface area (Å²) in [7, 11) is 0. The fourth-order valence-electron chi connectivity index (χ4n) is 2.83. The molecule has 0 aromatic heterocycles. The lowest BCUT2D eigenvalue weighted by molar-refractivity contribution is 0.294. The van der Waals surface area contributed by atoms with E-state index in [2.05, 4.69) is 48.6 Å². The SMILES string of the molecule is CCCCCCCCOc1ccc(OCCCCCCCC)c(I)c1. The molecule has 144 valence electrons. The minimum absolute atomic E-state index is 0.820. The van der Waals surface area contributed by atoms with E-state index in [9.17, 15) is 0 Å². The first-order chi connectivity index (χ1) is 12.3. The van der Waals surface area contributed by atoms with Gasteiger partial charge >= 0.3 is 0 Å². The number of halogens is 1. The Bertz CT molecular complexity index is 434. The summed E-state index contributed by atoms with van der Waals surface area (Å²) in [4.78, 5) is 0. The monoisotopic (exact) mass is 460 g/mol. The molecular weight excluding hydrogens is 423 g/mol. The maximum atomic E-state index is 5.92. The van der Waals surface area contributed by atoms with Crippen molar-refractivity contribution in [2.45, 2.75) is 90.9 Å². The molecule has 0 saturated carbocycles. The van der Waals surface area contributed by atoms with Crippen molar-refractivity contribution in [1.29, 1.82) is 0 Å². The standard InChI is InChI=1S/C22H37IO2/c1-3-5-7-9-11-13-17-24-20-15-16-22(21(23)19-20)25-18-14-12-10-8-6-4-2/h15-16,19H,3-14,17-18H2,1-2H3. The van der Waals surface area contributed by atoms with Crippen LogP contribution in [0.4, 0.5) is 0 Å². The lowest BCUT2D eigenvalue weighted by atomic mass is 10.1. The van der Waals surface area contributed by atoms with Crippen LogP contribution in [0.2, 0.25) is 0 Å². The van der Waals surface area contributed by atoms with Gasteiger partial charge < -0.3 is 9.47 Å². The van der Waals surface area contributed by atoms with Crippen molar-refractivity contribution in [3.8, 4) is 11.5 Å². The molecule has 25 heavy (non-hydrogen) atoms. The number of hydrogen-bond donors (Lipinski definition) is 0. The van der Waals surface area contributed by atoms with Crippen molar-refractivity contribution in [3.05, 3.63) is 21.8 Å². The van der Waals surface area contributed by atoms with Crippen molar-refractivity contribution in [3.63, 3.8) is 0 Å². The quantitative estimate of drug-likeness (QED) is 0.185.